The summed E-state index contributed by atoms with van der Waals surface area (Å²) in [5, 5.41) is 2.89. The number of H-pyrrole nitrogens is 1. The molecule has 0 saturated carbocycles. The van der Waals surface area contributed by atoms with Gasteiger partial charge in [-0.05, 0) is 50.2 Å². The van der Waals surface area contributed by atoms with Crippen LogP contribution < -0.4 is 10.2 Å². The van der Waals surface area contributed by atoms with Gasteiger partial charge in [0.2, 0.25) is 0 Å². The third-order valence-electron chi connectivity index (χ3n) is 4.95. The molecule has 0 aliphatic carbocycles. The Labute approximate surface area is 154 Å². The van der Waals surface area contributed by atoms with E-state index in [2.05, 4.69) is 40.0 Å². The van der Waals surface area contributed by atoms with Crippen LogP contribution in [0.3, 0.4) is 0 Å². The molecule has 1 amide bonds. The molecule has 0 spiro atoms. The number of hydrogen-bond acceptors (Lipinski definition) is 4. The zero-order valence-electron chi connectivity index (χ0n) is 15.6. The SMILES string of the molecule is CCN1CCN(c2ccc(NC(=O)c3cc(C(C)=O)c[nH]3)cc2C)CC1. The van der Waals surface area contributed by atoms with Crippen molar-refractivity contribution in [3.63, 3.8) is 0 Å². The van der Waals surface area contributed by atoms with Gasteiger partial charge < -0.3 is 20.1 Å². The van der Waals surface area contributed by atoms with Crippen LogP contribution in [-0.2, 0) is 0 Å². The molecule has 0 atom stereocenters. The highest BCUT2D eigenvalue weighted by Crippen LogP contribution is 2.25. The fourth-order valence-corrected chi connectivity index (χ4v) is 3.32. The number of aromatic amines is 1. The third-order valence-corrected chi connectivity index (χ3v) is 4.95. The van der Waals surface area contributed by atoms with Crippen LogP contribution in [-0.4, -0.2) is 54.3 Å². The second kappa shape index (κ2) is 7.74. The van der Waals surface area contributed by atoms with Crippen molar-refractivity contribution in [2.45, 2.75) is 20.8 Å². The smallest absolute Gasteiger partial charge is 0.272 e. The standard InChI is InChI=1S/C20H26N4O2/c1-4-23-7-9-24(10-8-23)19-6-5-17(11-14(19)2)22-20(26)18-12-16(13-21-18)15(3)25/h5-6,11-13,21H,4,7-10H2,1-3H3,(H,22,26). The van der Waals surface area contributed by atoms with Gasteiger partial charge in [0.25, 0.3) is 5.91 Å². The average molecular weight is 354 g/mol. The van der Waals surface area contributed by atoms with Crippen molar-refractivity contribution in [2.24, 2.45) is 0 Å². The number of nitrogens with one attached hydrogen (secondary N) is 2. The number of aryl methyl sites for hydroxylation is 1. The Kier molecular flexibility index (Phi) is 5.42. The van der Waals surface area contributed by atoms with E-state index >= 15 is 0 Å². The summed E-state index contributed by atoms with van der Waals surface area (Å²) in [6, 6.07) is 7.57. The van der Waals surface area contributed by atoms with Gasteiger partial charge in [-0.1, -0.05) is 6.92 Å². The van der Waals surface area contributed by atoms with Crippen molar-refractivity contribution in [1.82, 2.24) is 9.88 Å². The predicted molar refractivity (Wildman–Crippen MR) is 104 cm³/mol. The van der Waals surface area contributed by atoms with Crippen LogP contribution in [0.5, 0.6) is 0 Å². The fraction of sp³-hybridized carbons (Fsp3) is 0.400. The molecule has 3 rings (SSSR count). The van der Waals surface area contributed by atoms with Gasteiger partial charge in [-0.25, -0.2) is 0 Å². The van der Waals surface area contributed by atoms with Crippen molar-refractivity contribution in [1.29, 1.82) is 0 Å². The van der Waals surface area contributed by atoms with Gasteiger partial charge >= 0.3 is 0 Å². The highest BCUT2D eigenvalue weighted by atomic mass is 16.2. The monoisotopic (exact) mass is 354 g/mol. The number of likely N-dealkylation sites (N-methyl/N-ethyl adjacent to an activating group) is 1. The molecule has 26 heavy (non-hydrogen) atoms. The predicted octanol–water partition coefficient (Wildman–Crippen LogP) is 2.92. The number of amides is 1. The first kappa shape index (κ1) is 18.2. The van der Waals surface area contributed by atoms with Gasteiger partial charge in [0.15, 0.2) is 5.78 Å². The summed E-state index contributed by atoms with van der Waals surface area (Å²) < 4.78 is 0. The largest absolute Gasteiger partial charge is 0.369 e. The molecule has 2 heterocycles. The van der Waals surface area contributed by atoms with E-state index in [9.17, 15) is 9.59 Å². The Morgan fingerprint density at radius 1 is 1.15 bits per heavy atom. The molecular weight excluding hydrogens is 328 g/mol. The van der Waals surface area contributed by atoms with Crippen LogP contribution in [0.15, 0.2) is 30.5 Å². The van der Waals surface area contributed by atoms with E-state index in [0.29, 0.717) is 11.3 Å². The lowest BCUT2D eigenvalue weighted by molar-refractivity contribution is 0.101. The van der Waals surface area contributed by atoms with E-state index in [4.69, 9.17) is 0 Å². The molecule has 0 unspecified atom stereocenters. The second-order valence-corrected chi connectivity index (χ2v) is 6.73. The average Bonchev–Trinajstić information content (AvgIpc) is 3.13. The number of piperazine rings is 1. The summed E-state index contributed by atoms with van der Waals surface area (Å²) in [6.45, 7) is 11.1. The molecule has 1 aliphatic heterocycles. The van der Waals surface area contributed by atoms with E-state index in [1.807, 2.05) is 12.1 Å². The molecule has 1 aromatic carbocycles. The topological polar surface area (TPSA) is 68.4 Å². The first-order chi connectivity index (χ1) is 12.5. The Bertz CT molecular complexity index is 804. The van der Waals surface area contributed by atoms with E-state index in [1.54, 1.807) is 12.3 Å². The maximum atomic E-state index is 12.3. The number of carbonyl (C=O) groups excluding carboxylic acids is 2. The number of nitrogens with zero attached hydrogens (tertiary/aromatic N) is 2. The highest BCUT2D eigenvalue weighted by molar-refractivity contribution is 6.05. The molecular formula is C20H26N4O2. The summed E-state index contributed by atoms with van der Waals surface area (Å²) in [7, 11) is 0. The summed E-state index contributed by atoms with van der Waals surface area (Å²) >= 11 is 0. The maximum absolute atomic E-state index is 12.3. The van der Waals surface area contributed by atoms with Crippen LogP contribution in [0, 0.1) is 6.92 Å². The van der Waals surface area contributed by atoms with Crippen molar-refractivity contribution in [2.75, 3.05) is 42.9 Å². The molecule has 6 nitrogen and oxygen atoms in total. The van der Waals surface area contributed by atoms with Gasteiger partial charge in [0.1, 0.15) is 5.69 Å². The summed E-state index contributed by atoms with van der Waals surface area (Å²) in [4.78, 5) is 31.4. The first-order valence-electron chi connectivity index (χ1n) is 9.06. The Balaban J connectivity index is 1.67. The van der Waals surface area contributed by atoms with Gasteiger partial charge in [-0.2, -0.15) is 0 Å². The van der Waals surface area contributed by atoms with Crippen LogP contribution >= 0.6 is 0 Å². The lowest BCUT2D eigenvalue weighted by atomic mass is 10.1. The van der Waals surface area contributed by atoms with Crippen molar-refractivity contribution in [3.8, 4) is 0 Å². The number of aromatic nitrogens is 1. The minimum Gasteiger partial charge on any atom is -0.369 e. The number of anilines is 2. The van der Waals surface area contributed by atoms with E-state index in [0.717, 1.165) is 44.0 Å². The molecule has 1 aromatic heterocycles. The minimum absolute atomic E-state index is 0.0660. The Hall–Kier alpha value is -2.60. The molecule has 1 fully saturated rings. The van der Waals surface area contributed by atoms with Gasteiger partial charge in [0, 0.05) is 49.3 Å². The number of rotatable bonds is 5. The number of hydrogen-bond donors (Lipinski definition) is 2. The normalized spacial score (nSPS) is 15.1. The van der Waals surface area contributed by atoms with Gasteiger partial charge in [0.05, 0.1) is 0 Å². The molecule has 6 heteroatoms. The van der Waals surface area contributed by atoms with Crippen LogP contribution in [0.2, 0.25) is 0 Å². The van der Waals surface area contributed by atoms with Crippen LogP contribution in [0.25, 0.3) is 0 Å². The Morgan fingerprint density at radius 3 is 2.46 bits per heavy atom. The van der Waals surface area contributed by atoms with Crippen LogP contribution in [0.1, 0.15) is 40.3 Å². The highest BCUT2D eigenvalue weighted by Gasteiger charge is 2.18. The van der Waals surface area contributed by atoms with E-state index in [-0.39, 0.29) is 11.7 Å². The second-order valence-electron chi connectivity index (χ2n) is 6.73. The number of Topliss-reactive ketones (excluding diaryl/α,β-unsaturated/α-hetero) is 1. The zero-order chi connectivity index (χ0) is 18.7. The summed E-state index contributed by atoms with van der Waals surface area (Å²) in [6.07, 6.45) is 1.56. The summed E-state index contributed by atoms with van der Waals surface area (Å²) in [5.41, 5.74) is 4.00. The quantitative estimate of drug-likeness (QED) is 0.810. The number of carbonyl (C=O) groups is 2. The van der Waals surface area contributed by atoms with Crippen molar-refractivity contribution < 1.29 is 9.59 Å². The maximum Gasteiger partial charge on any atom is 0.272 e. The zero-order valence-corrected chi connectivity index (χ0v) is 15.6. The van der Waals surface area contributed by atoms with Crippen molar-refractivity contribution >= 4 is 23.1 Å². The molecule has 138 valence electrons. The molecule has 1 saturated heterocycles. The van der Waals surface area contributed by atoms with Crippen LogP contribution in [0.4, 0.5) is 11.4 Å². The molecule has 0 bridgehead atoms. The van der Waals surface area contributed by atoms with E-state index < -0.39 is 0 Å². The first-order valence-corrected chi connectivity index (χ1v) is 9.06. The van der Waals surface area contributed by atoms with Crippen molar-refractivity contribution in [3.05, 3.63) is 47.3 Å². The van der Waals surface area contributed by atoms with Gasteiger partial charge in [-0.15, -0.1) is 0 Å². The molecule has 2 aromatic rings. The Morgan fingerprint density at radius 2 is 1.88 bits per heavy atom. The summed E-state index contributed by atoms with van der Waals surface area (Å²) in [5.74, 6) is -0.315. The minimum atomic E-state index is -0.249. The lowest BCUT2D eigenvalue weighted by Crippen LogP contribution is -2.46. The molecule has 2 N–H and O–H groups in total. The van der Waals surface area contributed by atoms with Gasteiger partial charge in [-0.3, -0.25) is 9.59 Å². The fourth-order valence-electron chi connectivity index (χ4n) is 3.32. The number of benzene rings is 1. The number of ketones is 1. The van der Waals surface area contributed by atoms with E-state index in [1.165, 1.54) is 12.6 Å². The lowest BCUT2D eigenvalue weighted by Gasteiger charge is -2.36. The third kappa shape index (κ3) is 3.96. The molecule has 1 aliphatic rings. The molecule has 0 radical (unpaired) electrons.